The predicted molar refractivity (Wildman–Crippen MR) is 90.8 cm³/mol. The van der Waals surface area contributed by atoms with E-state index < -0.39 is 22.6 Å². The second-order valence-electron chi connectivity index (χ2n) is 6.58. The molecule has 1 aliphatic heterocycles. The Labute approximate surface area is 142 Å². The van der Waals surface area contributed by atoms with E-state index in [9.17, 15) is 24.3 Å². The van der Waals surface area contributed by atoms with Crippen LogP contribution in [0.25, 0.3) is 10.9 Å². The second kappa shape index (κ2) is 5.87. The highest BCUT2D eigenvalue weighted by Crippen LogP contribution is 2.31. The van der Waals surface area contributed by atoms with Gasteiger partial charge in [-0.1, -0.05) is 0 Å². The number of hydrogen-bond donors (Lipinski definition) is 2. The molecule has 1 aliphatic rings. The second-order valence-corrected chi connectivity index (χ2v) is 6.58. The van der Waals surface area contributed by atoms with Gasteiger partial charge in [0.2, 0.25) is 0 Å². The molecule has 1 aromatic heterocycles. The highest BCUT2D eigenvalue weighted by atomic mass is 16.4. The van der Waals surface area contributed by atoms with Gasteiger partial charge >= 0.3 is 11.7 Å². The van der Waals surface area contributed by atoms with Gasteiger partial charge in [0.1, 0.15) is 0 Å². The van der Waals surface area contributed by atoms with E-state index in [4.69, 9.17) is 0 Å². The average molecular weight is 345 g/mol. The zero-order valence-electron chi connectivity index (χ0n) is 14.0. The lowest BCUT2D eigenvalue weighted by molar-refractivity contribution is -0.147. The van der Waals surface area contributed by atoms with Crippen molar-refractivity contribution in [3.05, 3.63) is 44.6 Å². The van der Waals surface area contributed by atoms with Gasteiger partial charge in [0.05, 0.1) is 16.3 Å². The van der Waals surface area contributed by atoms with E-state index in [0.717, 1.165) is 4.57 Å². The molecule has 132 valence electrons. The summed E-state index contributed by atoms with van der Waals surface area (Å²) in [7, 11) is 0. The summed E-state index contributed by atoms with van der Waals surface area (Å²) in [5.41, 5.74) is -1.27. The molecule has 0 spiro atoms. The largest absolute Gasteiger partial charge is 0.481 e. The Morgan fingerprint density at radius 3 is 2.64 bits per heavy atom. The molecule has 1 aromatic carbocycles. The lowest BCUT2D eigenvalue weighted by Crippen LogP contribution is -2.35. The van der Waals surface area contributed by atoms with Crippen molar-refractivity contribution < 1.29 is 14.7 Å². The number of carboxylic acids is 1. The van der Waals surface area contributed by atoms with Gasteiger partial charge in [-0.2, -0.15) is 0 Å². The molecule has 2 heterocycles. The molecule has 3 rings (SSSR count). The monoisotopic (exact) mass is 345 g/mol. The van der Waals surface area contributed by atoms with Gasteiger partial charge in [-0.3, -0.25) is 19.0 Å². The number of hydrogen-bond acceptors (Lipinski definition) is 4. The van der Waals surface area contributed by atoms with Crippen molar-refractivity contribution in [2.45, 2.75) is 26.8 Å². The van der Waals surface area contributed by atoms with Crippen LogP contribution in [0.3, 0.4) is 0 Å². The SMILES string of the molecule is CCn1c(=O)[nH]c2cc(C(=O)N3CC[C@](C)(C(=O)O)C3)ccc2c1=O. The molecule has 1 amide bonds. The number of benzene rings is 1. The summed E-state index contributed by atoms with van der Waals surface area (Å²) < 4.78 is 1.09. The van der Waals surface area contributed by atoms with Crippen LogP contribution in [0.1, 0.15) is 30.6 Å². The first-order valence-corrected chi connectivity index (χ1v) is 8.06. The summed E-state index contributed by atoms with van der Waals surface area (Å²) in [5, 5.41) is 9.61. The van der Waals surface area contributed by atoms with E-state index in [2.05, 4.69) is 4.98 Å². The van der Waals surface area contributed by atoms with Crippen LogP contribution < -0.4 is 11.2 Å². The minimum absolute atomic E-state index is 0.132. The third-order valence-electron chi connectivity index (χ3n) is 4.82. The van der Waals surface area contributed by atoms with Gasteiger partial charge < -0.3 is 15.0 Å². The van der Waals surface area contributed by atoms with Crippen molar-refractivity contribution in [2.75, 3.05) is 13.1 Å². The third kappa shape index (κ3) is 2.73. The van der Waals surface area contributed by atoms with Gasteiger partial charge in [-0.05, 0) is 38.5 Å². The number of carboxylic acid groups (broad SMARTS) is 1. The maximum absolute atomic E-state index is 12.7. The molecule has 1 saturated heterocycles. The first-order chi connectivity index (χ1) is 11.8. The Morgan fingerprint density at radius 2 is 2.04 bits per heavy atom. The van der Waals surface area contributed by atoms with Gasteiger partial charge in [0.25, 0.3) is 11.5 Å². The Balaban J connectivity index is 1.98. The van der Waals surface area contributed by atoms with Gasteiger partial charge in [-0.15, -0.1) is 0 Å². The van der Waals surface area contributed by atoms with Crippen LogP contribution in [0, 0.1) is 5.41 Å². The minimum Gasteiger partial charge on any atom is -0.481 e. The number of H-pyrrole nitrogens is 1. The van der Waals surface area contributed by atoms with Crippen LogP contribution >= 0.6 is 0 Å². The summed E-state index contributed by atoms with van der Waals surface area (Å²) in [5.74, 6) is -1.24. The quantitative estimate of drug-likeness (QED) is 0.848. The number of amides is 1. The summed E-state index contributed by atoms with van der Waals surface area (Å²) >= 11 is 0. The summed E-state index contributed by atoms with van der Waals surface area (Å²) in [4.78, 5) is 52.3. The van der Waals surface area contributed by atoms with Crippen molar-refractivity contribution in [2.24, 2.45) is 5.41 Å². The maximum Gasteiger partial charge on any atom is 0.328 e. The minimum atomic E-state index is -0.949. The van der Waals surface area contributed by atoms with Crippen LogP contribution in [0.15, 0.2) is 27.8 Å². The molecule has 0 unspecified atom stereocenters. The average Bonchev–Trinajstić information content (AvgIpc) is 2.98. The van der Waals surface area contributed by atoms with E-state index in [0.29, 0.717) is 29.4 Å². The van der Waals surface area contributed by atoms with Gasteiger partial charge in [0, 0.05) is 25.2 Å². The van der Waals surface area contributed by atoms with E-state index in [1.807, 2.05) is 0 Å². The van der Waals surface area contributed by atoms with Crippen molar-refractivity contribution in [1.29, 1.82) is 0 Å². The van der Waals surface area contributed by atoms with Gasteiger partial charge in [-0.25, -0.2) is 4.79 Å². The van der Waals surface area contributed by atoms with E-state index in [-0.39, 0.29) is 19.0 Å². The topological polar surface area (TPSA) is 112 Å². The van der Waals surface area contributed by atoms with Crippen LogP contribution in [0.2, 0.25) is 0 Å². The zero-order chi connectivity index (χ0) is 18.4. The lowest BCUT2D eigenvalue weighted by Gasteiger charge is -2.20. The fourth-order valence-corrected chi connectivity index (χ4v) is 3.17. The van der Waals surface area contributed by atoms with Crippen molar-refractivity contribution in [1.82, 2.24) is 14.5 Å². The first-order valence-electron chi connectivity index (χ1n) is 8.06. The van der Waals surface area contributed by atoms with Crippen molar-refractivity contribution >= 4 is 22.8 Å². The molecular formula is C17H19N3O5. The number of likely N-dealkylation sites (tertiary alicyclic amines) is 1. The molecule has 0 bridgehead atoms. The van der Waals surface area contributed by atoms with E-state index in [1.165, 1.54) is 23.1 Å². The van der Waals surface area contributed by atoms with Crippen LogP contribution in [0.5, 0.6) is 0 Å². The van der Waals surface area contributed by atoms with Crippen LogP contribution in [0.4, 0.5) is 0 Å². The van der Waals surface area contributed by atoms with Crippen molar-refractivity contribution in [3.63, 3.8) is 0 Å². The lowest BCUT2D eigenvalue weighted by atomic mass is 9.90. The molecule has 0 aliphatic carbocycles. The zero-order valence-corrected chi connectivity index (χ0v) is 14.0. The molecule has 1 fully saturated rings. The summed E-state index contributed by atoms with van der Waals surface area (Å²) in [6.07, 6.45) is 0.389. The van der Waals surface area contributed by atoms with Crippen LogP contribution in [-0.2, 0) is 11.3 Å². The number of carbonyl (C=O) groups excluding carboxylic acids is 1. The number of rotatable bonds is 3. The summed E-state index contributed by atoms with van der Waals surface area (Å²) in [6.45, 7) is 4.06. The number of carbonyl (C=O) groups is 2. The molecular weight excluding hydrogens is 326 g/mol. The fourth-order valence-electron chi connectivity index (χ4n) is 3.17. The molecule has 8 nitrogen and oxygen atoms in total. The molecule has 0 saturated carbocycles. The number of aromatic amines is 1. The Hall–Kier alpha value is -2.90. The number of nitrogens with zero attached hydrogens (tertiary/aromatic N) is 2. The predicted octanol–water partition coefficient (Wildman–Crippen LogP) is 0.646. The van der Waals surface area contributed by atoms with Crippen molar-refractivity contribution in [3.8, 4) is 0 Å². The first kappa shape index (κ1) is 16.9. The number of aliphatic carboxylic acids is 1. The summed E-state index contributed by atoms with van der Waals surface area (Å²) in [6, 6.07) is 4.51. The Bertz CT molecular complexity index is 990. The standard InChI is InChI=1S/C17H19N3O5/c1-3-20-14(22)11-5-4-10(8-12(11)18-16(20)25)13(21)19-7-6-17(2,9-19)15(23)24/h4-5,8H,3,6-7,9H2,1-2H3,(H,18,25)(H,23,24)/t17-/m0/s1. The molecule has 0 radical (unpaired) electrons. The van der Waals surface area contributed by atoms with E-state index in [1.54, 1.807) is 13.8 Å². The number of nitrogens with one attached hydrogen (secondary N) is 1. The molecule has 8 heteroatoms. The Morgan fingerprint density at radius 1 is 1.32 bits per heavy atom. The molecule has 25 heavy (non-hydrogen) atoms. The molecule has 2 N–H and O–H groups in total. The molecule has 1 atom stereocenters. The van der Waals surface area contributed by atoms with Gasteiger partial charge in [0.15, 0.2) is 0 Å². The third-order valence-corrected chi connectivity index (χ3v) is 4.82. The smallest absolute Gasteiger partial charge is 0.328 e. The number of fused-ring (bicyclic) bond motifs is 1. The van der Waals surface area contributed by atoms with E-state index >= 15 is 0 Å². The fraction of sp³-hybridized carbons (Fsp3) is 0.412. The van der Waals surface area contributed by atoms with Crippen LogP contribution in [-0.4, -0.2) is 44.5 Å². The normalized spacial score (nSPS) is 20.2. The highest BCUT2D eigenvalue weighted by molar-refractivity contribution is 5.98. The number of aromatic nitrogens is 2. The highest BCUT2D eigenvalue weighted by Gasteiger charge is 2.42. The maximum atomic E-state index is 12.7. The molecule has 2 aromatic rings. The Kier molecular flexibility index (Phi) is 3.98.